The van der Waals surface area contributed by atoms with Gasteiger partial charge in [-0.1, -0.05) is 6.07 Å². The van der Waals surface area contributed by atoms with E-state index in [4.69, 9.17) is 14.2 Å². The number of benzene rings is 1. The lowest BCUT2D eigenvalue weighted by Gasteiger charge is -2.30. The van der Waals surface area contributed by atoms with Crippen LogP contribution in [0.4, 0.5) is 4.79 Å². The molecule has 9 nitrogen and oxygen atoms in total. The molecule has 1 aromatic carbocycles. The van der Waals surface area contributed by atoms with Crippen LogP contribution in [0.3, 0.4) is 0 Å². The molecule has 0 aliphatic carbocycles. The number of carbonyl (C=O) groups is 3. The molecule has 1 N–H and O–H groups in total. The van der Waals surface area contributed by atoms with Crippen molar-refractivity contribution in [1.82, 2.24) is 15.1 Å². The predicted molar refractivity (Wildman–Crippen MR) is 99.1 cm³/mol. The van der Waals surface area contributed by atoms with Gasteiger partial charge in [-0.3, -0.25) is 14.5 Å². The van der Waals surface area contributed by atoms with E-state index in [2.05, 4.69) is 5.32 Å². The third-order valence-corrected chi connectivity index (χ3v) is 6.14. The number of nitrogens with one attached hydrogen (secondary N) is 1. The summed E-state index contributed by atoms with van der Waals surface area (Å²) in [5.41, 5.74) is 0.129. The minimum absolute atomic E-state index is 0.0282. The summed E-state index contributed by atoms with van der Waals surface area (Å²) in [6.45, 7) is 2.38. The zero-order valence-electron chi connectivity index (χ0n) is 16.0. The summed E-state index contributed by atoms with van der Waals surface area (Å²) < 4.78 is 16.0. The molecule has 29 heavy (non-hydrogen) atoms. The summed E-state index contributed by atoms with van der Waals surface area (Å²) in [4.78, 5) is 40.9. The number of fused-ring (bicyclic) bond motifs is 1. The van der Waals surface area contributed by atoms with Crippen molar-refractivity contribution in [3.63, 3.8) is 0 Å². The molecule has 0 bridgehead atoms. The zero-order chi connectivity index (χ0) is 20.0. The van der Waals surface area contributed by atoms with Crippen LogP contribution in [-0.4, -0.2) is 66.3 Å². The maximum Gasteiger partial charge on any atom is 0.325 e. The highest BCUT2D eigenvalue weighted by atomic mass is 16.7. The van der Waals surface area contributed by atoms with Gasteiger partial charge in [0.05, 0.1) is 0 Å². The number of likely N-dealkylation sites (tertiary alicyclic amines) is 1. The van der Waals surface area contributed by atoms with Crippen LogP contribution in [-0.2, 0) is 20.9 Å². The smallest absolute Gasteiger partial charge is 0.325 e. The summed E-state index contributed by atoms with van der Waals surface area (Å²) in [6.07, 6.45) is 1.32. The van der Waals surface area contributed by atoms with Gasteiger partial charge in [-0.2, -0.15) is 0 Å². The number of urea groups is 1. The first-order valence-electron chi connectivity index (χ1n) is 9.92. The second kappa shape index (κ2) is 6.91. The largest absolute Gasteiger partial charge is 0.454 e. The Morgan fingerprint density at radius 1 is 1.10 bits per heavy atom. The van der Waals surface area contributed by atoms with Gasteiger partial charge in [-0.15, -0.1) is 0 Å². The second-order valence-electron chi connectivity index (χ2n) is 8.07. The van der Waals surface area contributed by atoms with Crippen LogP contribution >= 0.6 is 0 Å². The van der Waals surface area contributed by atoms with Gasteiger partial charge in [-0.25, -0.2) is 4.79 Å². The van der Waals surface area contributed by atoms with E-state index in [1.807, 2.05) is 18.2 Å². The van der Waals surface area contributed by atoms with Crippen LogP contribution in [0.15, 0.2) is 18.2 Å². The molecule has 1 atom stereocenters. The summed E-state index contributed by atoms with van der Waals surface area (Å²) in [5.74, 6) is 1.17. The van der Waals surface area contributed by atoms with Gasteiger partial charge in [0.2, 0.25) is 12.7 Å². The Balaban J connectivity index is 1.23. The molecule has 9 heteroatoms. The Morgan fingerprint density at radius 3 is 2.72 bits per heavy atom. The van der Waals surface area contributed by atoms with Crippen LogP contribution in [0, 0.1) is 5.92 Å². The highest BCUT2D eigenvalue weighted by Gasteiger charge is 2.52. The average Bonchev–Trinajstić information content (AvgIpc) is 3.37. The molecule has 0 saturated carbocycles. The monoisotopic (exact) mass is 401 g/mol. The lowest BCUT2D eigenvalue weighted by atomic mass is 9.90. The molecule has 5 rings (SSSR count). The molecule has 4 aliphatic heterocycles. The normalized spacial score (nSPS) is 25.2. The third-order valence-electron chi connectivity index (χ3n) is 6.14. The standard InChI is InChI=1S/C20H23N3O6/c24-17-8-14(10-22(17)9-13-1-2-15-16(7-13)29-12-28-15)11-23-18(25)20(21-19(23)26)3-5-27-6-4-20/h1-2,7,14H,3-6,8-12H2,(H,21,26). The third kappa shape index (κ3) is 3.19. The zero-order valence-corrected chi connectivity index (χ0v) is 16.0. The summed E-state index contributed by atoms with van der Waals surface area (Å²) in [7, 11) is 0. The van der Waals surface area contributed by atoms with Crippen LogP contribution in [0.25, 0.3) is 0 Å². The summed E-state index contributed by atoms with van der Waals surface area (Å²) in [5, 5.41) is 2.86. The molecule has 1 unspecified atom stereocenters. The van der Waals surface area contributed by atoms with Gasteiger partial charge in [0, 0.05) is 58.0 Å². The lowest BCUT2D eigenvalue weighted by molar-refractivity contribution is -0.135. The number of rotatable bonds is 4. The quantitative estimate of drug-likeness (QED) is 0.752. The molecular formula is C20H23N3O6. The fourth-order valence-corrected chi connectivity index (χ4v) is 4.55. The van der Waals surface area contributed by atoms with E-state index in [0.29, 0.717) is 57.1 Å². The Morgan fingerprint density at radius 2 is 1.90 bits per heavy atom. The van der Waals surface area contributed by atoms with Crippen molar-refractivity contribution in [2.24, 2.45) is 5.92 Å². The molecule has 4 heterocycles. The van der Waals surface area contributed by atoms with Gasteiger partial charge < -0.3 is 24.4 Å². The van der Waals surface area contributed by atoms with Crippen molar-refractivity contribution < 1.29 is 28.6 Å². The molecule has 4 aliphatic rings. The minimum Gasteiger partial charge on any atom is -0.454 e. The Bertz CT molecular complexity index is 866. The number of carbonyl (C=O) groups excluding carboxylic acids is 3. The van der Waals surface area contributed by atoms with Crippen LogP contribution in [0.1, 0.15) is 24.8 Å². The molecule has 3 fully saturated rings. The van der Waals surface area contributed by atoms with Gasteiger partial charge in [0.1, 0.15) is 5.54 Å². The fourth-order valence-electron chi connectivity index (χ4n) is 4.55. The van der Waals surface area contributed by atoms with E-state index in [0.717, 1.165) is 5.56 Å². The topological polar surface area (TPSA) is 97.4 Å². The highest BCUT2D eigenvalue weighted by molar-refractivity contribution is 6.07. The van der Waals surface area contributed by atoms with Gasteiger partial charge in [0.15, 0.2) is 11.5 Å². The number of ether oxygens (including phenoxy) is 3. The van der Waals surface area contributed by atoms with Crippen molar-refractivity contribution in [2.45, 2.75) is 31.3 Å². The van der Waals surface area contributed by atoms with Crippen LogP contribution in [0.5, 0.6) is 11.5 Å². The number of hydrogen-bond donors (Lipinski definition) is 1. The molecule has 0 aromatic heterocycles. The Kier molecular flexibility index (Phi) is 4.34. The minimum atomic E-state index is -0.829. The first-order chi connectivity index (χ1) is 14.0. The number of hydrogen-bond acceptors (Lipinski definition) is 6. The Labute approximate surface area is 167 Å². The number of imide groups is 1. The summed E-state index contributed by atoms with van der Waals surface area (Å²) in [6, 6.07) is 5.28. The van der Waals surface area contributed by atoms with E-state index >= 15 is 0 Å². The first-order valence-corrected chi connectivity index (χ1v) is 9.92. The van der Waals surface area contributed by atoms with Gasteiger partial charge in [-0.05, 0) is 17.7 Å². The van der Waals surface area contributed by atoms with E-state index in [-0.39, 0.29) is 37.1 Å². The molecule has 1 aromatic rings. The van der Waals surface area contributed by atoms with E-state index in [9.17, 15) is 14.4 Å². The molecule has 0 radical (unpaired) electrons. The predicted octanol–water partition coefficient (Wildman–Crippen LogP) is 0.865. The van der Waals surface area contributed by atoms with E-state index < -0.39 is 5.54 Å². The molecule has 154 valence electrons. The van der Waals surface area contributed by atoms with Crippen molar-refractivity contribution in [3.8, 4) is 11.5 Å². The summed E-state index contributed by atoms with van der Waals surface area (Å²) >= 11 is 0. The van der Waals surface area contributed by atoms with Crippen molar-refractivity contribution in [2.75, 3.05) is 33.1 Å². The van der Waals surface area contributed by atoms with E-state index in [1.54, 1.807) is 4.90 Å². The second-order valence-corrected chi connectivity index (χ2v) is 8.07. The molecule has 1 spiro atoms. The van der Waals surface area contributed by atoms with Crippen molar-refractivity contribution in [3.05, 3.63) is 23.8 Å². The van der Waals surface area contributed by atoms with E-state index in [1.165, 1.54) is 4.90 Å². The molecule has 3 saturated heterocycles. The SMILES string of the molecule is O=C1CC(CN2C(=O)NC3(CCOCC3)C2=O)CN1Cc1ccc2c(c1)OCO2. The van der Waals surface area contributed by atoms with Crippen molar-refractivity contribution in [1.29, 1.82) is 0 Å². The molecule has 4 amide bonds. The number of nitrogens with zero attached hydrogens (tertiary/aromatic N) is 2. The Hall–Kier alpha value is -2.81. The molecular weight excluding hydrogens is 378 g/mol. The fraction of sp³-hybridized carbons (Fsp3) is 0.550. The van der Waals surface area contributed by atoms with Crippen LogP contribution < -0.4 is 14.8 Å². The van der Waals surface area contributed by atoms with Crippen LogP contribution in [0.2, 0.25) is 0 Å². The average molecular weight is 401 g/mol. The maximum absolute atomic E-state index is 12.9. The van der Waals surface area contributed by atoms with Gasteiger partial charge >= 0.3 is 6.03 Å². The van der Waals surface area contributed by atoms with Crippen molar-refractivity contribution >= 4 is 17.8 Å². The number of amides is 4. The maximum atomic E-state index is 12.9. The first kappa shape index (κ1) is 18.2. The lowest BCUT2D eigenvalue weighted by Crippen LogP contribution is -2.51. The highest BCUT2D eigenvalue weighted by Crippen LogP contribution is 2.34. The van der Waals surface area contributed by atoms with Gasteiger partial charge in [0.25, 0.3) is 5.91 Å².